The van der Waals surface area contributed by atoms with Crippen molar-refractivity contribution >= 4 is 21.4 Å². The van der Waals surface area contributed by atoms with E-state index in [9.17, 15) is 8.42 Å². The first kappa shape index (κ1) is 16.5. The van der Waals surface area contributed by atoms with Crippen molar-refractivity contribution in [2.24, 2.45) is 7.05 Å². The zero-order chi connectivity index (χ0) is 16.3. The van der Waals surface area contributed by atoms with Crippen LogP contribution >= 0.6 is 11.3 Å². The van der Waals surface area contributed by atoms with Crippen molar-refractivity contribution in [3.05, 3.63) is 29.0 Å². The third-order valence-electron chi connectivity index (χ3n) is 3.53. The Labute approximate surface area is 138 Å². The van der Waals surface area contributed by atoms with Crippen LogP contribution in [0.15, 0.2) is 28.2 Å². The maximum absolute atomic E-state index is 12.4. The molecule has 8 nitrogen and oxygen atoms in total. The Morgan fingerprint density at radius 2 is 2.43 bits per heavy atom. The van der Waals surface area contributed by atoms with Crippen molar-refractivity contribution < 1.29 is 17.9 Å². The minimum Gasteiger partial charge on any atom is -0.379 e. The first-order valence-corrected chi connectivity index (χ1v) is 9.54. The molecule has 0 spiro atoms. The van der Waals surface area contributed by atoms with E-state index in [0.29, 0.717) is 26.2 Å². The molecule has 3 heterocycles. The van der Waals surface area contributed by atoms with Crippen LogP contribution in [-0.2, 0) is 33.2 Å². The lowest BCUT2D eigenvalue weighted by Gasteiger charge is -2.31. The first-order valence-electron chi connectivity index (χ1n) is 7.12. The summed E-state index contributed by atoms with van der Waals surface area (Å²) in [6.07, 6.45) is 3.00. The molecule has 10 heteroatoms. The fraction of sp³-hybridized carbons (Fsp3) is 0.538. The predicted octanol–water partition coefficient (Wildman–Crippen LogP) is 0.529. The van der Waals surface area contributed by atoms with Gasteiger partial charge in [-0.3, -0.25) is 4.68 Å². The Hall–Kier alpha value is -1.33. The number of ether oxygens (including phenoxy) is 2. The van der Waals surface area contributed by atoms with E-state index in [1.807, 2.05) is 5.38 Å². The fourth-order valence-electron chi connectivity index (χ4n) is 2.32. The van der Waals surface area contributed by atoms with Gasteiger partial charge < -0.3 is 9.47 Å². The van der Waals surface area contributed by atoms with Crippen molar-refractivity contribution in [1.82, 2.24) is 19.5 Å². The van der Waals surface area contributed by atoms with Crippen molar-refractivity contribution in [2.75, 3.05) is 13.2 Å². The molecule has 126 valence electrons. The summed E-state index contributed by atoms with van der Waals surface area (Å²) in [4.78, 5) is 4.30. The number of hydrogen-bond donors (Lipinski definition) is 1. The highest BCUT2D eigenvalue weighted by molar-refractivity contribution is 7.89. The molecule has 2 aromatic rings. The Morgan fingerprint density at radius 3 is 3.13 bits per heavy atom. The lowest BCUT2D eigenvalue weighted by molar-refractivity contribution is -0.0717. The van der Waals surface area contributed by atoms with Gasteiger partial charge in [0.15, 0.2) is 0 Å². The molecule has 1 aliphatic rings. The molecular weight excluding hydrogens is 340 g/mol. The van der Waals surface area contributed by atoms with Crippen molar-refractivity contribution in [2.45, 2.75) is 30.1 Å². The molecule has 0 amide bonds. The quantitative estimate of drug-likeness (QED) is 0.809. The molecule has 1 saturated heterocycles. The number of aromatic nitrogens is 3. The molecule has 2 aromatic heterocycles. The molecule has 23 heavy (non-hydrogen) atoms. The number of nitrogens with one attached hydrogen (secondary N) is 1. The summed E-state index contributed by atoms with van der Waals surface area (Å²) in [6.45, 7) is 1.18. The highest BCUT2D eigenvalue weighted by Gasteiger charge is 2.31. The molecule has 0 unspecified atom stereocenters. The van der Waals surface area contributed by atoms with E-state index in [0.717, 1.165) is 5.69 Å². The molecule has 1 aliphatic heterocycles. The van der Waals surface area contributed by atoms with Gasteiger partial charge in [0.05, 0.1) is 42.8 Å². The van der Waals surface area contributed by atoms with Gasteiger partial charge in [-0.05, 0) is 6.42 Å². The number of rotatable bonds is 6. The van der Waals surface area contributed by atoms with Crippen LogP contribution in [0, 0.1) is 0 Å². The topological polar surface area (TPSA) is 95.3 Å². The molecule has 0 radical (unpaired) electrons. The summed E-state index contributed by atoms with van der Waals surface area (Å²) in [5.41, 5.74) is 2.56. The zero-order valence-electron chi connectivity index (χ0n) is 12.6. The molecular formula is C13H18N4O4S2. The van der Waals surface area contributed by atoms with Crippen LogP contribution in [0.25, 0.3) is 0 Å². The predicted molar refractivity (Wildman–Crippen MR) is 83.4 cm³/mol. The summed E-state index contributed by atoms with van der Waals surface area (Å²) >= 11 is 1.49. The Bertz CT molecular complexity index is 729. The van der Waals surface area contributed by atoms with Gasteiger partial charge >= 0.3 is 0 Å². The second-order valence-electron chi connectivity index (χ2n) is 5.27. The van der Waals surface area contributed by atoms with Gasteiger partial charge in [-0.25, -0.2) is 18.1 Å². The molecule has 0 aliphatic carbocycles. The number of aryl methyl sites for hydroxylation is 1. The average molecular weight is 358 g/mol. The van der Waals surface area contributed by atoms with Gasteiger partial charge in [-0.1, -0.05) is 0 Å². The smallest absolute Gasteiger partial charge is 0.244 e. The third kappa shape index (κ3) is 4.15. The second-order valence-corrected chi connectivity index (χ2v) is 7.70. The lowest BCUT2D eigenvalue weighted by atomic mass is 10.1. The summed E-state index contributed by atoms with van der Waals surface area (Å²) in [7, 11) is -1.95. The lowest BCUT2D eigenvalue weighted by Crippen LogP contribution is -2.49. The van der Waals surface area contributed by atoms with Crippen LogP contribution in [0.3, 0.4) is 0 Å². The van der Waals surface area contributed by atoms with Crippen LogP contribution in [0.4, 0.5) is 0 Å². The van der Waals surface area contributed by atoms with E-state index in [-0.39, 0.29) is 17.0 Å². The second kappa shape index (κ2) is 7.05. The Balaban J connectivity index is 1.66. The van der Waals surface area contributed by atoms with E-state index >= 15 is 0 Å². The van der Waals surface area contributed by atoms with Crippen LogP contribution < -0.4 is 4.72 Å². The van der Waals surface area contributed by atoms with Crippen LogP contribution in [0.2, 0.25) is 0 Å². The van der Waals surface area contributed by atoms with E-state index in [1.165, 1.54) is 28.4 Å². The summed E-state index contributed by atoms with van der Waals surface area (Å²) in [6, 6.07) is -0.340. The average Bonchev–Trinajstić information content (AvgIpc) is 3.17. The van der Waals surface area contributed by atoms with E-state index in [4.69, 9.17) is 9.47 Å². The largest absolute Gasteiger partial charge is 0.379 e. The molecule has 3 rings (SSSR count). The number of thiazole rings is 1. The third-order valence-corrected chi connectivity index (χ3v) is 5.61. The molecule has 1 N–H and O–H groups in total. The van der Waals surface area contributed by atoms with Gasteiger partial charge in [0.2, 0.25) is 10.0 Å². The molecule has 2 atom stereocenters. The van der Waals surface area contributed by atoms with Crippen molar-refractivity contribution in [1.29, 1.82) is 0 Å². The maximum Gasteiger partial charge on any atom is 0.244 e. The first-order chi connectivity index (χ1) is 11.0. The Kier molecular flexibility index (Phi) is 5.07. The molecule has 1 fully saturated rings. The van der Waals surface area contributed by atoms with E-state index in [1.54, 1.807) is 12.6 Å². The van der Waals surface area contributed by atoms with Crippen molar-refractivity contribution in [3.8, 4) is 0 Å². The van der Waals surface area contributed by atoms with Crippen LogP contribution in [0.1, 0.15) is 12.1 Å². The molecule has 0 aromatic carbocycles. The zero-order valence-corrected chi connectivity index (χ0v) is 14.2. The SMILES string of the molecule is Cn1cc(S(=O)(=O)N[C@@H]2CCOC[C@H]2OCc2cscn2)cn1. The van der Waals surface area contributed by atoms with Crippen molar-refractivity contribution in [3.63, 3.8) is 0 Å². The fourth-order valence-corrected chi connectivity index (χ4v) is 4.14. The monoisotopic (exact) mass is 358 g/mol. The van der Waals surface area contributed by atoms with Crippen LogP contribution in [0.5, 0.6) is 0 Å². The summed E-state index contributed by atoms with van der Waals surface area (Å²) in [5, 5.41) is 5.80. The molecule has 0 saturated carbocycles. The number of hydrogen-bond acceptors (Lipinski definition) is 7. The van der Waals surface area contributed by atoms with Gasteiger partial charge in [-0.15, -0.1) is 11.3 Å². The van der Waals surface area contributed by atoms with E-state index < -0.39 is 10.0 Å². The minimum absolute atomic E-state index is 0.143. The standard InChI is InChI=1S/C13H18N4O4S2/c1-17-5-11(4-15-17)23(18,19)16-12-2-3-20-7-13(12)21-6-10-8-22-9-14-10/h4-5,8-9,12-13,16H,2-3,6-7H2,1H3/t12-,13-/m1/s1. The summed E-state index contributed by atoms with van der Waals surface area (Å²) < 4.78 is 40.2. The minimum atomic E-state index is -3.63. The number of nitrogens with zero attached hydrogens (tertiary/aromatic N) is 3. The maximum atomic E-state index is 12.4. The highest BCUT2D eigenvalue weighted by atomic mass is 32.2. The number of sulfonamides is 1. The normalized spacial score (nSPS) is 22.3. The van der Waals surface area contributed by atoms with Gasteiger partial charge in [0, 0.05) is 25.2 Å². The molecule has 0 bridgehead atoms. The summed E-state index contributed by atoms with van der Waals surface area (Å²) in [5.74, 6) is 0. The van der Waals surface area contributed by atoms with E-state index in [2.05, 4.69) is 14.8 Å². The Morgan fingerprint density at radius 1 is 1.57 bits per heavy atom. The highest BCUT2D eigenvalue weighted by Crippen LogP contribution is 2.17. The van der Waals surface area contributed by atoms with Gasteiger partial charge in [-0.2, -0.15) is 5.10 Å². The van der Waals surface area contributed by atoms with Gasteiger partial charge in [0.1, 0.15) is 4.90 Å². The van der Waals surface area contributed by atoms with Gasteiger partial charge in [0.25, 0.3) is 0 Å². The van der Waals surface area contributed by atoms with Crippen LogP contribution in [-0.4, -0.2) is 48.5 Å².